The number of halogens is 1. The number of carbonyl (C=O) groups is 1. The van der Waals surface area contributed by atoms with Crippen molar-refractivity contribution in [1.82, 2.24) is 0 Å². The van der Waals surface area contributed by atoms with E-state index in [4.69, 9.17) is 4.74 Å². The molecule has 18 heavy (non-hydrogen) atoms. The molecule has 1 aromatic carbocycles. The molecule has 1 amide bonds. The van der Waals surface area contributed by atoms with Gasteiger partial charge in [-0.1, -0.05) is 19.3 Å². The van der Waals surface area contributed by atoms with Crippen molar-refractivity contribution in [3.63, 3.8) is 0 Å². The normalized spacial score (nSPS) is 20.5. The summed E-state index contributed by atoms with van der Waals surface area (Å²) in [6.07, 6.45) is 5.62. The molecule has 1 fully saturated rings. The van der Waals surface area contributed by atoms with Crippen LogP contribution in [0.4, 0.5) is 10.1 Å². The van der Waals surface area contributed by atoms with Gasteiger partial charge in [-0.25, -0.2) is 4.39 Å². The summed E-state index contributed by atoms with van der Waals surface area (Å²) in [7, 11) is 0. The van der Waals surface area contributed by atoms with Gasteiger partial charge in [0.05, 0.1) is 5.69 Å². The largest absolute Gasteiger partial charge is 0.481 e. The van der Waals surface area contributed by atoms with Gasteiger partial charge in [-0.15, -0.1) is 0 Å². The third-order valence-corrected chi connectivity index (χ3v) is 3.74. The van der Waals surface area contributed by atoms with E-state index >= 15 is 0 Å². The van der Waals surface area contributed by atoms with Gasteiger partial charge in [0.1, 0.15) is 11.6 Å². The Morgan fingerprint density at radius 1 is 1.22 bits per heavy atom. The molecule has 4 heteroatoms. The van der Waals surface area contributed by atoms with Crippen molar-refractivity contribution in [3.05, 3.63) is 24.0 Å². The fourth-order valence-corrected chi connectivity index (χ4v) is 2.89. The van der Waals surface area contributed by atoms with E-state index in [-0.39, 0.29) is 24.4 Å². The number of benzene rings is 1. The van der Waals surface area contributed by atoms with E-state index in [2.05, 4.69) is 0 Å². The lowest BCUT2D eigenvalue weighted by atomic mass is 9.93. The van der Waals surface area contributed by atoms with Gasteiger partial charge in [0.25, 0.3) is 5.91 Å². The van der Waals surface area contributed by atoms with Crippen LogP contribution in [-0.2, 0) is 4.79 Å². The fourth-order valence-electron chi connectivity index (χ4n) is 2.89. The maximum Gasteiger partial charge on any atom is 0.265 e. The lowest BCUT2D eigenvalue weighted by Gasteiger charge is -2.37. The van der Waals surface area contributed by atoms with Crippen molar-refractivity contribution >= 4 is 11.6 Å². The highest BCUT2D eigenvalue weighted by Gasteiger charge is 2.32. The molecule has 1 aliphatic heterocycles. The van der Waals surface area contributed by atoms with Crippen molar-refractivity contribution in [2.45, 2.75) is 38.1 Å². The van der Waals surface area contributed by atoms with Crippen LogP contribution < -0.4 is 9.64 Å². The zero-order chi connectivity index (χ0) is 12.5. The van der Waals surface area contributed by atoms with E-state index in [1.54, 1.807) is 6.07 Å². The van der Waals surface area contributed by atoms with Crippen molar-refractivity contribution in [2.75, 3.05) is 11.5 Å². The maximum absolute atomic E-state index is 13.2. The summed E-state index contributed by atoms with van der Waals surface area (Å²) in [5.41, 5.74) is 0.722. The second-order valence-corrected chi connectivity index (χ2v) is 4.96. The SMILES string of the molecule is O=C1COc2cc(F)ccc2N1C1CCCCC1. The second-order valence-electron chi connectivity index (χ2n) is 4.96. The molecule has 0 N–H and O–H groups in total. The lowest BCUT2D eigenvalue weighted by molar-refractivity contribution is -0.122. The number of fused-ring (bicyclic) bond motifs is 1. The Labute approximate surface area is 106 Å². The molecule has 1 aromatic rings. The summed E-state index contributed by atoms with van der Waals surface area (Å²) >= 11 is 0. The van der Waals surface area contributed by atoms with Crippen LogP contribution in [0.15, 0.2) is 18.2 Å². The zero-order valence-electron chi connectivity index (χ0n) is 10.2. The number of ether oxygens (including phenoxy) is 1. The number of anilines is 1. The molecule has 0 aromatic heterocycles. The highest BCUT2D eigenvalue weighted by atomic mass is 19.1. The Hall–Kier alpha value is -1.58. The van der Waals surface area contributed by atoms with Gasteiger partial charge in [0.2, 0.25) is 0 Å². The maximum atomic E-state index is 13.2. The van der Waals surface area contributed by atoms with Crippen molar-refractivity contribution in [2.24, 2.45) is 0 Å². The first-order chi connectivity index (χ1) is 8.75. The minimum absolute atomic E-state index is 0.0130. The Morgan fingerprint density at radius 3 is 2.78 bits per heavy atom. The highest BCUT2D eigenvalue weighted by molar-refractivity contribution is 5.98. The first-order valence-electron chi connectivity index (χ1n) is 6.50. The van der Waals surface area contributed by atoms with E-state index in [9.17, 15) is 9.18 Å². The lowest BCUT2D eigenvalue weighted by Crippen LogP contribution is -2.46. The van der Waals surface area contributed by atoms with E-state index in [1.165, 1.54) is 18.6 Å². The molecule has 0 atom stereocenters. The quantitative estimate of drug-likeness (QED) is 0.766. The van der Waals surface area contributed by atoms with Crippen LogP contribution in [0.2, 0.25) is 0 Å². The third kappa shape index (κ3) is 1.96. The predicted molar refractivity (Wildman–Crippen MR) is 66.3 cm³/mol. The molecule has 96 valence electrons. The minimum atomic E-state index is -0.327. The van der Waals surface area contributed by atoms with E-state index in [1.807, 2.05) is 4.90 Å². The molecule has 3 rings (SSSR count). The average molecular weight is 249 g/mol. The van der Waals surface area contributed by atoms with Crippen LogP contribution in [0.1, 0.15) is 32.1 Å². The molecular formula is C14H16FNO2. The molecule has 1 saturated carbocycles. The molecule has 0 saturated heterocycles. The van der Waals surface area contributed by atoms with Gasteiger partial charge in [0.15, 0.2) is 6.61 Å². The third-order valence-electron chi connectivity index (χ3n) is 3.74. The van der Waals surface area contributed by atoms with Crippen molar-refractivity contribution in [3.8, 4) is 5.75 Å². The molecule has 3 nitrogen and oxygen atoms in total. The zero-order valence-corrected chi connectivity index (χ0v) is 10.2. The topological polar surface area (TPSA) is 29.5 Å². The number of carbonyl (C=O) groups excluding carboxylic acids is 1. The number of hydrogen-bond acceptors (Lipinski definition) is 2. The molecule has 0 spiro atoms. The van der Waals surface area contributed by atoms with Crippen molar-refractivity contribution in [1.29, 1.82) is 0 Å². The Bertz CT molecular complexity index is 469. The van der Waals surface area contributed by atoms with Gasteiger partial charge in [-0.3, -0.25) is 4.79 Å². The first kappa shape index (κ1) is 11.5. The average Bonchev–Trinajstić information content (AvgIpc) is 2.40. The first-order valence-corrected chi connectivity index (χ1v) is 6.50. The Balaban J connectivity index is 1.95. The Kier molecular flexibility index (Phi) is 2.94. The highest BCUT2D eigenvalue weighted by Crippen LogP contribution is 2.37. The number of nitrogens with zero attached hydrogens (tertiary/aromatic N) is 1. The molecule has 1 aliphatic carbocycles. The van der Waals surface area contributed by atoms with E-state index in [0.29, 0.717) is 5.75 Å². The molecule has 0 radical (unpaired) electrons. The standard InChI is InChI=1S/C14H16FNO2/c15-10-6-7-12-13(8-10)18-9-14(17)16(12)11-4-2-1-3-5-11/h6-8,11H,1-5,9H2. The fraction of sp³-hybridized carbons (Fsp3) is 0.500. The monoisotopic (exact) mass is 249 g/mol. The molecule has 1 heterocycles. The summed E-state index contributed by atoms with van der Waals surface area (Å²) in [5.74, 6) is 0.146. The molecule has 0 unspecified atom stereocenters. The summed E-state index contributed by atoms with van der Waals surface area (Å²) in [4.78, 5) is 13.9. The summed E-state index contributed by atoms with van der Waals surface area (Å²) in [6.45, 7) is 0.0208. The van der Waals surface area contributed by atoms with Crippen molar-refractivity contribution < 1.29 is 13.9 Å². The van der Waals surface area contributed by atoms with Crippen LogP contribution in [0, 0.1) is 5.82 Å². The summed E-state index contributed by atoms with van der Waals surface area (Å²) in [5, 5.41) is 0. The summed E-state index contributed by atoms with van der Waals surface area (Å²) < 4.78 is 18.5. The van der Waals surface area contributed by atoms with Crippen LogP contribution in [-0.4, -0.2) is 18.6 Å². The molecule has 0 bridgehead atoms. The number of hydrogen-bond donors (Lipinski definition) is 0. The summed E-state index contributed by atoms with van der Waals surface area (Å²) in [6, 6.07) is 4.64. The van der Waals surface area contributed by atoms with Gasteiger partial charge in [0, 0.05) is 12.1 Å². The smallest absolute Gasteiger partial charge is 0.265 e. The van der Waals surface area contributed by atoms with E-state index < -0.39 is 0 Å². The van der Waals surface area contributed by atoms with Gasteiger partial charge in [-0.05, 0) is 25.0 Å². The Morgan fingerprint density at radius 2 is 2.00 bits per heavy atom. The van der Waals surface area contributed by atoms with Crippen LogP contribution in [0.25, 0.3) is 0 Å². The molecule has 2 aliphatic rings. The van der Waals surface area contributed by atoms with Gasteiger partial charge in [-0.2, -0.15) is 0 Å². The van der Waals surface area contributed by atoms with Gasteiger partial charge >= 0.3 is 0 Å². The number of rotatable bonds is 1. The van der Waals surface area contributed by atoms with Crippen LogP contribution in [0.5, 0.6) is 5.75 Å². The molecular weight excluding hydrogens is 233 g/mol. The van der Waals surface area contributed by atoms with Gasteiger partial charge < -0.3 is 9.64 Å². The van der Waals surface area contributed by atoms with E-state index in [0.717, 1.165) is 31.4 Å². The predicted octanol–water partition coefficient (Wildman–Crippen LogP) is 2.88. The number of amides is 1. The van der Waals surface area contributed by atoms with Crippen LogP contribution in [0.3, 0.4) is 0 Å². The second kappa shape index (κ2) is 4.59. The van der Waals surface area contributed by atoms with Crippen LogP contribution >= 0.6 is 0 Å². The minimum Gasteiger partial charge on any atom is -0.481 e.